The fourth-order valence-electron chi connectivity index (χ4n) is 4.10. The summed E-state index contributed by atoms with van der Waals surface area (Å²) in [6.45, 7) is 5.82. The maximum atomic E-state index is 13.0. The Morgan fingerprint density at radius 2 is 2.03 bits per heavy atom. The van der Waals surface area contributed by atoms with Crippen LogP contribution in [0.5, 0.6) is 0 Å². The lowest BCUT2D eigenvalue weighted by Gasteiger charge is -2.23. The van der Waals surface area contributed by atoms with E-state index in [0.717, 1.165) is 59.5 Å². The number of piperidine rings is 1. The van der Waals surface area contributed by atoms with Gasteiger partial charge in [0.15, 0.2) is 5.65 Å². The predicted molar refractivity (Wildman–Crippen MR) is 114 cm³/mol. The Kier molecular flexibility index (Phi) is 4.63. The summed E-state index contributed by atoms with van der Waals surface area (Å²) in [5.41, 5.74) is 5.65. The number of amides is 1. The fraction of sp³-hybridized carbons (Fsp3) is 0.318. The number of fused-ring (bicyclic) bond motifs is 2. The third-order valence-electron chi connectivity index (χ3n) is 5.61. The number of aromatic nitrogens is 5. The molecule has 1 saturated heterocycles. The standard InChI is InChI=1S/C22H23N7O/c1-13-11-19(28-29-12-14(2)25-21(13)29)16-3-4-18(20-17(16)7-10-24-27-20)22(30)26-15-5-8-23-9-6-15/h3-4,7,10-12,15,23H,5-6,8-9H2,1-2H3,(H,26,30). The minimum absolute atomic E-state index is 0.108. The van der Waals surface area contributed by atoms with E-state index in [1.807, 2.05) is 44.3 Å². The van der Waals surface area contributed by atoms with E-state index >= 15 is 0 Å². The second-order valence-electron chi connectivity index (χ2n) is 7.81. The number of imidazole rings is 1. The second-order valence-corrected chi connectivity index (χ2v) is 7.81. The number of rotatable bonds is 3. The lowest BCUT2D eigenvalue weighted by molar-refractivity contribution is 0.0931. The molecule has 30 heavy (non-hydrogen) atoms. The highest BCUT2D eigenvalue weighted by Crippen LogP contribution is 2.29. The summed E-state index contributed by atoms with van der Waals surface area (Å²) in [7, 11) is 0. The van der Waals surface area contributed by atoms with Gasteiger partial charge in [0.2, 0.25) is 0 Å². The summed E-state index contributed by atoms with van der Waals surface area (Å²) in [5, 5.41) is 20.4. The Hall–Kier alpha value is -3.39. The van der Waals surface area contributed by atoms with Gasteiger partial charge >= 0.3 is 0 Å². The zero-order valence-electron chi connectivity index (χ0n) is 17.0. The molecule has 0 aliphatic carbocycles. The third kappa shape index (κ3) is 3.29. The lowest BCUT2D eigenvalue weighted by atomic mass is 10.00. The highest BCUT2D eigenvalue weighted by Gasteiger charge is 2.20. The van der Waals surface area contributed by atoms with Crippen molar-refractivity contribution < 1.29 is 4.79 Å². The van der Waals surface area contributed by atoms with E-state index in [1.165, 1.54) is 0 Å². The van der Waals surface area contributed by atoms with Gasteiger partial charge in [-0.3, -0.25) is 4.79 Å². The number of hydrogen-bond acceptors (Lipinski definition) is 6. The van der Waals surface area contributed by atoms with Crippen molar-refractivity contribution in [3.05, 3.63) is 53.5 Å². The summed E-state index contributed by atoms with van der Waals surface area (Å²) < 4.78 is 1.80. The largest absolute Gasteiger partial charge is 0.349 e. The molecule has 1 aliphatic heterocycles. The topological polar surface area (TPSA) is 97.1 Å². The monoisotopic (exact) mass is 401 g/mol. The van der Waals surface area contributed by atoms with Gasteiger partial charge in [-0.25, -0.2) is 9.50 Å². The van der Waals surface area contributed by atoms with Crippen molar-refractivity contribution in [3.8, 4) is 11.3 Å². The van der Waals surface area contributed by atoms with Crippen molar-refractivity contribution in [1.29, 1.82) is 0 Å². The van der Waals surface area contributed by atoms with Crippen molar-refractivity contribution in [1.82, 2.24) is 35.4 Å². The Morgan fingerprint density at radius 3 is 2.87 bits per heavy atom. The van der Waals surface area contributed by atoms with Crippen LogP contribution in [-0.2, 0) is 0 Å². The molecule has 0 spiro atoms. The zero-order valence-corrected chi connectivity index (χ0v) is 17.0. The van der Waals surface area contributed by atoms with Gasteiger partial charge in [0.25, 0.3) is 5.91 Å². The first-order valence-electron chi connectivity index (χ1n) is 10.2. The molecule has 8 nitrogen and oxygen atoms in total. The second kappa shape index (κ2) is 7.46. The number of benzene rings is 1. The van der Waals surface area contributed by atoms with Crippen LogP contribution in [0.2, 0.25) is 0 Å². The zero-order chi connectivity index (χ0) is 20.7. The van der Waals surface area contributed by atoms with Crippen molar-refractivity contribution in [2.45, 2.75) is 32.7 Å². The van der Waals surface area contributed by atoms with Crippen molar-refractivity contribution in [2.24, 2.45) is 0 Å². The van der Waals surface area contributed by atoms with Crippen molar-refractivity contribution in [3.63, 3.8) is 0 Å². The van der Waals surface area contributed by atoms with Crippen LogP contribution in [-0.4, -0.2) is 49.8 Å². The number of carbonyl (C=O) groups is 1. The van der Waals surface area contributed by atoms with E-state index in [1.54, 1.807) is 10.7 Å². The molecule has 0 bridgehead atoms. The first kappa shape index (κ1) is 18.6. The van der Waals surface area contributed by atoms with E-state index in [2.05, 4.69) is 25.8 Å². The molecule has 0 unspecified atom stereocenters. The molecule has 1 amide bonds. The highest BCUT2D eigenvalue weighted by atomic mass is 16.1. The molecule has 1 aliphatic rings. The average Bonchev–Trinajstić information content (AvgIpc) is 3.14. The quantitative estimate of drug-likeness (QED) is 0.547. The average molecular weight is 401 g/mol. The molecule has 5 rings (SSSR count). The van der Waals surface area contributed by atoms with Gasteiger partial charge in [0.1, 0.15) is 5.52 Å². The first-order chi connectivity index (χ1) is 14.6. The number of hydrogen-bond donors (Lipinski definition) is 2. The Labute approximate surface area is 173 Å². The lowest BCUT2D eigenvalue weighted by Crippen LogP contribution is -2.42. The van der Waals surface area contributed by atoms with Gasteiger partial charge in [-0.2, -0.15) is 10.2 Å². The first-order valence-corrected chi connectivity index (χ1v) is 10.2. The van der Waals surface area contributed by atoms with Crippen LogP contribution < -0.4 is 10.6 Å². The highest BCUT2D eigenvalue weighted by molar-refractivity contribution is 6.09. The number of carbonyl (C=O) groups excluding carboxylic acids is 1. The molecule has 4 aromatic rings. The maximum Gasteiger partial charge on any atom is 0.253 e. The van der Waals surface area contributed by atoms with Gasteiger partial charge in [-0.05, 0) is 63.5 Å². The minimum Gasteiger partial charge on any atom is -0.349 e. The molecule has 4 heterocycles. The number of nitrogens with one attached hydrogen (secondary N) is 2. The van der Waals surface area contributed by atoms with Crippen LogP contribution in [0, 0.1) is 13.8 Å². The third-order valence-corrected chi connectivity index (χ3v) is 5.61. The summed E-state index contributed by atoms with van der Waals surface area (Å²) in [6, 6.07) is 7.86. The van der Waals surface area contributed by atoms with Crippen LogP contribution in [0.3, 0.4) is 0 Å². The Bertz CT molecular complexity index is 1260. The van der Waals surface area contributed by atoms with Crippen molar-refractivity contribution in [2.75, 3.05) is 13.1 Å². The molecule has 1 fully saturated rings. The molecule has 2 N–H and O–H groups in total. The molecule has 0 radical (unpaired) electrons. The van der Waals surface area contributed by atoms with E-state index < -0.39 is 0 Å². The van der Waals surface area contributed by atoms with Crippen LogP contribution in [0.1, 0.15) is 34.5 Å². The molecule has 0 saturated carbocycles. The Morgan fingerprint density at radius 1 is 1.20 bits per heavy atom. The number of nitrogens with zero attached hydrogens (tertiary/aromatic N) is 5. The van der Waals surface area contributed by atoms with E-state index in [0.29, 0.717) is 11.1 Å². The molecule has 8 heteroatoms. The van der Waals surface area contributed by atoms with Gasteiger partial charge in [0.05, 0.1) is 29.3 Å². The SMILES string of the molecule is Cc1cn2nc(-c3ccc(C(=O)NC4CCNCC4)c4nnccc34)cc(C)c2n1. The minimum atomic E-state index is -0.108. The van der Waals surface area contributed by atoms with Crippen LogP contribution >= 0.6 is 0 Å². The summed E-state index contributed by atoms with van der Waals surface area (Å²) in [4.78, 5) is 17.5. The molecular weight excluding hydrogens is 378 g/mol. The number of aryl methyl sites for hydroxylation is 2. The van der Waals surface area contributed by atoms with Gasteiger partial charge in [0, 0.05) is 17.0 Å². The smallest absolute Gasteiger partial charge is 0.253 e. The predicted octanol–water partition coefficient (Wildman–Crippen LogP) is 2.44. The van der Waals surface area contributed by atoms with Gasteiger partial charge in [-0.15, -0.1) is 5.10 Å². The van der Waals surface area contributed by atoms with Crippen LogP contribution in [0.25, 0.3) is 27.8 Å². The molecule has 152 valence electrons. The molecule has 0 atom stereocenters. The van der Waals surface area contributed by atoms with E-state index in [4.69, 9.17) is 5.10 Å². The van der Waals surface area contributed by atoms with E-state index in [9.17, 15) is 4.79 Å². The summed E-state index contributed by atoms with van der Waals surface area (Å²) in [5.74, 6) is -0.108. The normalized spacial score (nSPS) is 15.0. The van der Waals surface area contributed by atoms with Crippen LogP contribution in [0.15, 0.2) is 36.7 Å². The van der Waals surface area contributed by atoms with E-state index in [-0.39, 0.29) is 11.9 Å². The molecule has 1 aromatic carbocycles. The fourth-order valence-corrected chi connectivity index (χ4v) is 4.10. The molecular formula is C22H23N7O. The summed E-state index contributed by atoms with van der Waals surface area (Å²) >= 11 is 0. The van der Waals surface area contributed by atoms with Gasteiger partial charge in [-0.1, -0.05) is 6.07 Å². The maximum absolute atomic E-state index is 13.0. The van der Waals surface area contributed by atoms with Crippen LogP contribution in [0.4, 0.5) is 0 Å². The van der Waals surface area contributed by atoms with Gasteiger partial charge < -0.3 is 10.6 Å². The Balaban J connectivity index is 1.58. The van der Waals surface area contributed by atoms with Crippen molar-refractivity contribution >= 4 is 22.5 Å². The molecule has 3 aromatic heterocycles. The summed E-state index contributed by atoms with van der Waals surface area (Å²) in [6.07, 6.45) is 5.42.